The smallest absolute Gasteiger partial charge is 0.304 e. The number of amides is 1. The van der Waals surface area contributed by atoms with Crippen LogP contribution in [0.5, 0.6) is 0 Å². The number of carbonyl (C=O) groups is 2. The molecule has 1 amide bonds. The van der Waals surface area contributed by atoms with E-state index in [1.807, 2.05) is 0 Å². The minimum atomic E-state index is -3.72. The Kier molecular flexibility index (Phi) is 5.92. The van der Waals surface area contributed by atoms with E-state index in [9.17, 15) is 18.0 Å². The van der Waals surface area contributed by atoms with Gasteiger partial charge in [-0.05, 0) is 24.3 Å². The number of hydrogen-bond donors (Lipinski definition) is 3. The number of anilines is 1. The van der Waals surface area contributed by atoms with Crippen LogP contribution in [0.25, 0.3) is 0 Å². The van der Waals surface area contributed by atoms with E-state index >= 15 is 0 Å². The lowest BCUT2D eigenvalue weighted by molar-refractivity contribution is -0.136. The zero-order chi connectivity index (χ0) is 15.9. The molecule has 0 atom stereocenters. The van der Waals surface area contributed by atoms with Gasteiger partial charge in [0.05, 0.1) is 12.2 Å². The number of nitrogens with one attached hydrogen (secondary N) is 2. The first-order chi connectivity index (χ1) is 9.84. The third-order valence-corrected chi connectivity index (χ3v) is 3.70. The minimum Gasteiger partial charge on any atom is -0.481 e. The van der Waals surface area contributed by atoms with Crippen LogP contribution in [-0.2, 0) is 14.8 Å². The number of carbonyl (C=O) groups excluding carboxylic acids is 1. The molecule has 1 aromatic carbocycles. The van der Waals surface area contributed by atoms with E-state index < -0.39 is 28.2 Å². The molecule has 114 valence electrons. The van der Waals surface area contributed by atoms with E-state index in [1.165, 1.54) is 24.3 Å². The van der Waals surface area contributed by atoms with Gasteiger partial charge >= 0.3 is 5.97 Å². The average Bonchev–Trinajstić information content (AvgIpc) is 2.43. The lowest BCUT2D eigenvalue weighted by Gasteiger charge is -2.08. The number of sulfonamides is 1. The van der Waals surface area contributed by atoms with Crippen LogP contribution in [0.15, 0.2) is 36.9 Å². The summed E-state index contributed by atoms with van der Waals surface area (Å²) in [5, 5.41) is 11.1. The molecular weight excluding hydrogens is 296 g/mol. The topological polar surface area (TPSA) is 113 Å². The fourth-order valence-corrected chi connectivity index (χ4v) is 2.45. The molecule has 0 aliphatic heterocycles. The summed E-state index contributed by atoms with van der Waals surface area (Å²) in [4.78, 5) is 22.0. The second-order valence-corrected chi connectivity index (χ2v) is 5.98. The Morgan fingerprint density at radius 1 is 1.24 bits per heavy atom. The fraction of sp³-hybridized carbons (Fsp3) is 0.231. The van der Waals surface area contributed by atoms with Crippen molar-refractivity contribution in [2.75, 3.05) is 17.0 Å². The molecule has 0 fully saturated rings. The lowest BCUT2D eigenvalue weighted by atomic mass is 10.2. The Morgan fingerprint density at radius 2 is 1.86 bits per heavy atom. The number of rotatable bonds is 8. The largest absolute Gasteiger partial charge is 0.481 e. The zero-order valence-electron chi connectivity index (χ0n) is 11.2. The van der Waals surface area contributed by atoms with Gasteiger partial charge in [0.25, 0.3) is 5.91 Å². The molecule has 0 aliphatic rings. The van der Waals surface area contributed by atoms with E-state index in [0.29, 0.717) is 12.1 Å². The molecule has 7 nitrogen and oxygen atoms in total. The molecule has 3 N–H and O–H groups in total. The summed E-state index contributed by atoms with van der Waals surface area (Å²) in [5.74, 6) is -1.99. The van der Waals surface area contributed by atoms with Crippen molar-refractivity contribution in [2.45, 2.75) is 6.42 Å². The van der Waals surface area contributed by atoms with E-state index in [1.54, 1.807) is 6.08 Å². The van der Waals surface area contributed by atoms with Crippen molar-refractivity contribution in [1.29, 1.82) is 0 Å². The molecule has 1 rings (SSSR count). The predicted octanol–water partition coefficient (Wildman–Crippen LogP) is 0.819. The number of aliphatic carboxylic acids is 1. The highest BCUT2D eigenvalue weighted by molar-refractivity contribution is 7.92. The summed E-state index contributed by atoms with van der Waals surface area (Å²) in [7, 11) is -3.72. The van der Waals surface area contributed by atoms with Gasteiger partial charge in [0.1, 0.15) is 0 Å². The Balaban J connectivity index is 2.68. The van der Waals surface area contributed by atoms with Gasteiger partial charge in [0, 0.05) is 17.8 Å². The van der Waals surface area contributed by atoms with Crippen molar-refractivity contribution in [1.82, 2.24) is 5.32 Å². The first-order valence-corrected chi connectivity index (χ1v) is 7.71. The van der Waals surface area contributed by atoms with Crippen LogP contribution >= 0.6 is 0 Å². The number of carboxylic acids is 1. The summed E-state index contributed by atoms with van der Waals surface area (Å²) < 4.78 is 25.4. The SMILES string of the molecule is C=CCNC(=O)c1ccc(NS(=O)(=O)CCC(=O)O)cc1. The van der Waals surface area contributed by atoms with Crippen molar-refractivity contribution in [3.05, 3.63) is 42.5 Å². The van der Waals surface area contributed by atoms with Gasteiger partial charge in [0.15, 0.2) is 0 Å². The van der Waals surface area contributed by atoms with Crippen molar-refractivity contribution in [3.63, 3.8) is 0 Å². The molecule has 8 heteroatoms. The Morgan fingerprint density at radius 3 is 2.38 bits per heavy atom. The van der Waals surface area contributed by atoms with Crippen LogP contribution in [0.3, 0.4) is 0 Å². The first-order valence-electron chi connectivity index (χ1n) is 6.05. The van der Waals surface area contributed by atoms with Gasteiger partial charge in [-0.3, -0.25) is 14.3 Å². The maximum Gasteiger partial charge on any atom is 0.304 e. The highest BCUT2D eigenvalue weighted by Gasteiger charge is 2.13. The van der Waals surface area contributed by atoms with Crippen LogP contribution in [0.4, 0.5) is 5.69 Å². The van der Waals surface area contributed by atoms with E-state index in [4.69, 9.17) is 5.11 Å². The molecule has 0 saturated carbocycles. The van der Waals surface area contributed by atoms with Crippen molar-refractivity contribution >= 4 is 27.6 Å². The van der Waals surface area contributed by atoms with Crippen LogP contribution in [0.2, 0.25) is 0 Å². The van der Waals surface area contributed by atoms with E-state index in [0.717, 1.165) is 0 Å². The summed E-state index contributed by atoms with van der Waals surface area (Å²) in [6, 6.07) is 5.79. The van der Waals surface area contributed by atoms with E-state index in [-0.39, 0.29) is 11.6 Å². The second-order valence-electron chi connectivity index (χ2n) is 4.14. The predicted molar refractivity (Wildman–Crippen MR) is 78.6 cm³/mol. The highest BCUT2D eigenvalue weighted by atomic mass is 32.2. The van der Waals surface area contributed by atoms with Crippen molar-refractivity contribution < 1.29 is 23.1 Å². The Hall–Kier alpha value is -2.35. The van der Waals surface area contributed by atoms with Gasteiger partial charge in [-0.1, -0.05) is 6.08 Å². The van der Waals surface area contributed by atoms with Crippen molar-refractivity contribution in [3.8, 4) is 0 Å². The van der Waals surface area contributed by atoms with Crippen LogP contribution in [-0.4, -0.2) is 37.7 Å². The maximum absolute atomic E-state index is 11.6. The van der Waals surface area contributed by atoms with Gasteiger partial charge < -0.3 is 10.4 Å². The molecular formula is C13H16N2O5S. The van der Waals surface area contributed by atoms with Gasteiger partial charge in [-0.2, -0.15) is 0 Å². The Labute approximate surface area is 122 Å². The van der Waals surface area contributed by atoms with Crippen LogP contribution in [0.1, 0.15) is 16.8 Å². The summed E-state index contributed by atoms with van der Waals surface area (Å²) in [6.07, 6.45) is 1.07. The molecule has 0 saturated heterocycles. The Bertz CT molecular complexity index is 622. The van der Waals surface area contributed by atoms with Gasteiger partial charge in [-0.25, -0.2) is 8.42 Å². The summed E-state index contributed by atoms with van der Waals surface area (Å²) in [6.45, 7) is 3.81. The maximum atomic E-state index is 11.6. The number of carboxylic acid groups (broad SMARTS) is 1. The molecule has 0 radical (unpaired) electrons. The third kappa shape index (κ3) is 6.09. The number of hydrogen-bond acceptors (Lipinski definition) is 4. The van der Waals surface area contributed by atoms with Gasteiger partial charge in [0.2, 0.25) is 10.0 Å². The molecule has 0 unspecified atom stereocenters. The standard InChI is InChI=1S/C13H16N2O5S/c1-2-8-14-13(18)10-3-5-11(6-4-10)15-21(19,20)9-7-12(16)17/h2-6,15H,1,7-9H2,(H,14,18)(H,16,17). The monoisotopic (exact) mass is 312 g/mol. The summed E-state index contributed by atoms with van der Waals surface area (Å²) >= 11 is 0. The van der Waals surface area contributed by atoms with Crippen LogP contribution in [0, 0.1) is 0 Å². The average molecular weight is 312 g/mol. The molecule has 0 bridgehead atoms. The zero-order valence-corrected chi connectivity index (χ0v) is 12.0. The normalized spacial score (nSPS) is 10.7. The van der Waals surface area contributed by atoms with Crippen LogP contribution < -0.4 is 10.0 Å². The molecule has 0 spiro atoms. The molecule has 21 heavy (non-hydrogen) atoms. The highest BCUT2D eigenvalue weighted by Crippen LogP contribution is 2.12. The quantitative estimate of drug-likeness (QED) is 0.615. The lowest BCUT2D eigenvalue weighted by Crippen LogP contribution is -2.23. The number of benzene rings is 1. The van der Waals surface area contributed by atoms with Gasteiger partial charge in [-0.15, -0.1) is 6.58 Å². The molecule has 1 aromatic rings. The molecule has 0 aromatic heterocycles. The summed E-state index contributed by atoms with van der Waals surface area (Å²) in [5.41, 5.74) is 0.644. The van der Waals surface area contributed by atoms with E-state index in [2.05, 4.69) is 16.6 Å². The molecule has 0 aliphatic carbocycles. The third-order valence-electron chi connectivity index (χ3n) is 2.41. The minimum absolute atomic E-state index is 0.264. The second kappa shape index (κ2) is 7.44. The molecule has 0 heterocycles. The van der Waals surface area contributed by atoms with Crippen molar-refractivity contribution in [2.24, 2.45) is 0 Å². The first kappa shape index (κ1) is 16.7. The fourth-order valence-electron chi connectivity index (χ4n) is 1.41.